The molecule has 0 aliphatic carbocycles. The van der Waals surface area contributed by atoms with Gasteiger partial charge < -0.3 is 13.9 Å². The summed E-state index contributed by atoms with van der Waals surface area (Å²) in [7, 11) is 0. The van der Waals surface area contributed by atoms with E-state index in [9.17, 15) is 0 Å². The fourth-order valence-corrected chi connectivity index (χ4v) is 8.68. The molecule has 2 aromatic heterocycles. The summed E-state index contributed by atoms with van der Waals surface area (Å²) in [6, 6.07) is 78.1. The van der Waals surface area contributed by atoms with Crippen LogP contribution >= 0.6 is 0 Å². The molecule has 11 aromatic rings. The van der Waals surface area contributed by atoms with E-state index < -0.39 is 0 Å². The van der Waals surface area contributed by atoms with Crippen molar-refractivity contribution in [3.63, 3.8) is 0 Å². The molecular weight excluding hydrogens is 693 g/mol. The number of benzene rings is 9. The van der Waals surface area contributed by atoms with Gasteiger partial charge >= 0.3 is 0 Å². The van der Waals surface area contributed by atoms with E-state index in [-0.39, 0.29) is 0 Å². The van der Waals surface area contributed by atoms with Crippen LogP contribution in [0.3, 0.4) is 0 Å². The summed E-state index contributed by atoms with van der Waals surface area (Å²) < 4.78 is 9.01. The van der Waals surface area contributed by atoms with Crippen molar-refractivity contribution in [2.45, 2.75) is 0 Å². The Morgan fingerprint density at radius 3 is 1.68 bits per heavy atom. The maximum Gasteiger partial charge on any atom is 0.159 e. The number of nitrogens with zero attached hydrogens (tertiary/aromatic N) is 2. The van der Waals surface area contributed by atoms with Gasteiger partial charge in [-0.25, -0.2) is 0 Å². The topological polar surface area (TPSA) is 21.3 Å². The largest absolute Gasteiger partial charge is 0.454 e. The number of anilines is 3. The zero-order valence-electron chi connectivity index (χ0n) is 31.1. The number of furan rings is 1. The Morgan fingerprint density at radius 2 is 0.895 bits per heavy atom. The standard InChI is InChI=1S/C54H36N2O/c1-3-17-37(18-4-1)38-33-35-40(36-34-38)55(47-27-11-7-21-41(47)39-19-5-2-6-20-39)48-28-12-8-22-42(48)44-25-15-30-50-53(44)46-24-9-13-29-49(46)56(50)51-31-16-26-45-43-23-10-14-32-52(43)57-54(45)51/h1-36H. The van der Waals surface area contributed by atoms with Gasteiger partial charge in [0.25, 0.3) is 0 Å². The molecule has 0 saturated carbocycles. The van der Waals surface area contributed by atoms with Crippen molar-refractivity contribution in [2.24, 2.45) is 0 Å². The molecule has 0 spiro atoms. The Labute approximate surface area is 330 Å². The fourth-order valence-electron chi connectivity index (χ4n) is 8.68. The van der Waals surface area contributed by atoms with Gasteiger partial charge in [-0.15, -0.1) is 0 Å². The second-order valence-electron chi connectivity index (χ2n) is 14.5. The third kappa shape index (κ3) is 5.43. The highest BCUT2D eigenvalue weighted by Gasteiger charge is 2.24. The van der Waals surface area contributed by atoms with Crippen LogP contribution in [0.2, 0.25) is 0 Å². The number of para-hydroxylation sites is 5. The number of fused-ring (bicyclic) bond motifs is 6. The third-order valence-electron chi connectivity index (χ3n) is 11.2. The third-order valence-corrected chi connectivity index (χ3v) is 11.2. The maximum absolute atomic E-state index is 6.63. The summed E-state index contributed by atoms with van der Waals surface area (Å²) in [6.07, 6.45) is 0. The predicted octanol–water partition coefficient (Wildman–Crippen LogP) is 15.2. The van der Waals surface area contributed by atoms with Crippen LogP contribution in [-0.2, 0) is 0 Å². The second-order valence-corrected chi connectivity index (χ2v) is 14.5. The van der Waals surface area contributed by atoms with E-state index >= 15 is 0 Å². The molecule has 0 aliphatic rings. The van der Waals surface area contributed by atoms with Gasteiger partial charge in [0.05, 0.1) is 28.1 Å². The molecule has 0 aliphatic heterocycles. The summed E-state index contributed by atoms with van der Waals surface area (Å²) >= 11 is 0. The van der Waals surface area contributed by atoms with E-state index in [2.05, 4.69) is 222 Å². The monoisotopic (exact) mass is 728 g/mol. The van der Waals surface area contributed by atoms with E-state index in [1.807, 2.05) is 6.07 Å². The molecule has 2 heterocycles. The first-order valence-corrected chi connectivity index (χ1v) is 19.4. The molecule has 3 nitrogen and oxygen atoms in total. The van der Waals surface area contributed by atoms with Crippen LogP contribution in [0, 0.1) is 0 Å². The number of hydrogen-bond donors (Lipinski definition) is 0. The Hall–Kier alpha value is -7.62. The smallest absolute Gasteiger partial charge is 0.159 e. The summed E-state index contributed by atoms with van der Waals surface area (Å²) in [5, 5.41) is 4.62. The van der Waals surface area contributed by atoms with Gasteiger partial charge in [-0.05, 0) is 70.8 Å². The molecule has 0 radical (unpaired) electrons. The SMILES string of the molecule is c1ccc(-c2ccc(N(c3ccccc3-c3ccccc3)c3ccccc3-c3cccc4c3c3ccccc3n4-c3cccc4c3oc3ccccc34)cc2)cc1. The van der Waals surface area contributed by atoms with Crippen LogP contribution < -0.4 is 4.90 Å². The highest BCUT2D eigenvalue weighted by atomic mass is 16.3. The molecule has 11 rings (SSSR count). The Balaban J connectivity index is 1.16. The van der Waals surface area contributed by atoms with Crippen LogP contribution in [0.1, 0.15) is 0 Å². The maximum atomic E-state index is 6.63. The van der Waals surface area contributed by atoms with Crippen molar-refractivity contribution in [1.82, 2.24) is 4.57 Å². The Kier molecular flexibility index (Phi) is 7.82. The molecular formula is C54H36N2O. The lowest BCUT2D eigenvalue weighted by Crippen LogP contribution is -2.12. The molecule has 268 valence electrons. The minimum Gasteiger partial charge on any atom is -0.454 e. The average molecular weight is 729 g/mol. The van der Waals surface area contributed by atoms with E-state index in [1.165, 1.54) is 27.5 Å². The van der Waals surface area contributed by atoms with Gasteiger partial charge in [0, 0.05) is 38.4 Å². The minimum absolute atomic E-state index is 0.884. The van der Waals surface area contributed by atoms with Gasteiger partial charge in [-0.1, -0.05) is 170 Å². The van der Waals surface area contributed by atoms with Crippen LogP contribution in [0.15, 0.2) is 223 Å². The quantitative estimate of drug-likeness (QED) is 0.163. The summed E-state index contributed by atoms with van der Waals surface area (Å²) in [5.74, 6) is 0. The molecule has 57 heavy (non-hydrogen) atoms. The van der Waals surface area contributed by atoms with Gasteiger partial charge in [0.15, 0.2) is 5.58 Å². The molecule has 0 bridgehead atoms. The van der Waals surface area contributed by atoms with Crippen molar-refractivity contribution in [3.8, 4) is 39.1 Å². The summed E-state index contributed by atoms with van der Waals surface area (Å²) in [4.78, 5) is 2.43. The van der Waals surface area contributed by atoms with Crippen molar-refractivity contribution < 1.29 is 4.42 Å². The first kappa shape index (κ1) is 32.8. The minimum atomic E-state index is 0.884. The van der Waals surface area contributed by atoms with Crippen LogP contribution in [0.25, 0.3) is 82.8 Å². The molecule has 0 amide bonds. The highest BCUT2D eigenvalue weighted by molar-refractivity contribution is 6.18. The highest BCUT2D eigenvalue weighted by Crippen LogP contribution is 2.48. The second kappa shape index (κ2) is 13.6. The fraction of sp³-hybridized carbons (Fsp3) is 0. The first-order valence-electron chi connectivity index (χ1n) is 19.4. The molecule has 0 atom stereocenters. The van der Waals surface area contributed by atoms with Crippen molar-refractivity contribution in [3.05, 3.63) is 218 Å². The molecule has 3 heteroatoms. The van der Waals surface area contributed by atoms with Crippen molar-refractivity contribution in [1.29, 1.82) is 0 Å². The van der Waals surface area contributed by atoms with Crippen molar-refractivity contribution in [2.75, 3.05) is 4.90 Å². The van der Waals surface area contributed by atoms with Crippen LogP contribution in [-0.4, -0.2) is 4.57 Å². The van der Waals surface area contributed by atoms with E-state index in [0.29, 0.717) is 0 Å². The Bertz CT molecular complexity index is 3230. The summed E-state index contributed by atoms with van der Waals surface area (Å²) in [5.41, 5.74) is 15.4. The zero-order valence-corrected chi connectivity index (χ0v) is 31.1. The van der Waals surface area contributed by atoms with Crippen molar-refractivity contribution >= 4 is 60.8 Å². The molecule has 0 fully saturated rings. The van der Waals surface area contributed by atoms with E-state index in [1.54, 1.807) is 0 Å². The number of hydrogen-bond acceptors (Lipinski definition) is 2. The van der Waals surface area contributed by atoms with Gasteiger partial charge in [-0.3, -0.25) is 0 Å². The number of rotatable bonds is 7. The average Bonchev–Trinajstić information content (AvgIpc) is 3.84. The molecule has 9 aromatic carbocycles. The normalized spacial score (nSPS) is 11.5. The molecule has 0 unspecified atom stereocenters. The molecule has 0 saturated heterocycles. The lowest BCUT2D eigenvalue weighted by Gasteiger charge is -2.30. The Morgan fingerprint density at radius 1 is 0.351 bits per heavy atom. The lowest BCUT2D eigenvalue weighted by atomic mass is 9.95. The van der Waals surface area contributed by atoms with Crippen LogP contribution in [0.5, 0.6) is 0 Å². The molecule has 0 N–H and O–H groups in total. The lowest BCUT2D eigenvalue weighted by molar-refractivity contribution is 0.666. The first-order chi connectivity index (χ1) is 28.3. The van der Waals surface area contributed by atoms with E-state index in [0.717, 1.165) is 72.4 Å². The van der Waals surface area contributed by atoms with Gasteiger partial charge in [0.1, 0.15) is 5.58 Å². The van der Waals surface area contributed by atoms with E-state index in [4.69, 9.17) is 4.42 Å². The van der Waals surface area contributed by atoms with Gasteiger partial charge in [0.2, 0.25) is 0 Å². The zero-order chi connectivity index (χ0) is 37.7. The summed E-state index contributed by atoms with van der Waals surface area (Å²) in [6.45, 7) is 0. The number of aromatic nitrogens is 1. The predicted molar refractivity (Wildman–Crippen MR) is 239 cm³/mol. The van der Waals surface area contributed by atoms with Gasteiger partial charge in [-0.2, -0.15) is 0 Å². The van der Waals surface area contributed by atoms with Crippen LogP contribution in [0.4, 0.5) is 17.1 Å².